The number of unbranched alkanes of at least 4 members (excludes halogenated alkanes) is 2. The van der Waals surface area contributed by atoms with Crippen molar-refractivity contribution >= 4 is 28.2 Å². The largest absolute Gasteiger partial charge is 0.494 e. The molecule has 2 aromatic rings. The number of Topliss-reactive ketones (excluding diaryl/α,β-unsaturated/α-hetero) is 1. The average Bonchev–Trinajstić information content (AvgIpc) is 3.02. The van der Waals surface area contributed by atoms with Crippen LogP contribution in [0.2, 0.25) is 0 Å². The predicted octanol–water partition coefficient (Wildman–Crippen LogP) is 4.62. The quantitative estimate of drug-likeness (QED) is 0.496. The molecule has 1 N–H and O–H groups in total. The third-order valence-electron chi connectivity index (χ3n) is 3.64. The Bertz CT molecular complexity index is 695. The summed E-state index contributed by atoms with van der Waals surface area (Å²) in [6.45, 7) is 4.71. The lowest BCUT2D eigenvalue weighted by molar-refractivity contribution is -0.116. The van der Waals surface area contributed by atoms with E-state index in [0.29, 0.717) is 17.3 Å². The highest BCUT2D eigenvalue weighted by molar-refractivity contribution is 7.13. The number of aryl methyl sites for hydroxylation is 1. The SMILES string of the molecule is CCCCCOc1ccc(C(=O)CCC(=O)Nc2nc(C)cs2)cc1. The lowest BCUT2D eigenvalue weighted by atomic mass is 10.1. The standard InChI is InChI=1S/C19H24N2O3S/c1-3-4-5-12-24-16-8-6-15(7-9-16)17(22)10-11-18(23)21-19-20-14(2)13-25-19/h6-9,13H,3-5,10-12H2,1-2H3,(H,20,21,23). The minimum absolute atomic E-state index is 0.0528. The van der Waals surface area contributed by atoms with Gasteiger partial charge in [-0.2, -0.15) is 0 Å². The van der Waals surface area contributed by atoms with E-state index >= 15 is 0 Å². The average molecular weight is 360 g/mol. The third kappa shape index (κ3) is 6.66. The minimum Gasteiger partial charge on any atom is -0.494 e. The van der Waals surface area contributed by atoms with Gasteiger partial charge >= 0.3 is 0 Å². The second-order valence-electron chi connectivity index (χ2n) is 5.85. The van der Waals surface area contributed by atoms with Crippen molar-refractivity contribution < 1.29 is 14.3 Å². The summed E-state index contributed by atoms with van der Waals surface area (Å²) in [5.74, 6) is 0.520. The van der Waals surface area contributed by atoms with E-state index in [2.05, 4.69) is 17.2 Å². The Labute approximate surface area is 152 Å². The van der Waals surface area contributed by atoms with Gasteiger partial charge in [-0.15, -0.1) is 11.3 Å². The summed E-state index contributed by atoms with van der Waals surface area (Å²) >= 11 is 1.38. The maximum absolute atomic E-state index is 12.2. The highest BCUT2D eigenvalue weighted by Crippen LogP contribution is 2.16. The maximum atomic E-state index is 12.2. The highest BCUT2D eigenvalue weighted by atomic mass is 32.1. The van der Waals surface area contributed by atoms with Crippen LogP contribution in [0.4, 0.5) is 5.13 Å². The van der Waals surface area contributed by atoms with Crippen molar-refractivity contribution in [1.29, 1.82) is 0 Å². The van der Waals surface area contributed by atoms with Crippen molar-refractivity contribution in [2.75, 3.05) is 11.9 Å². The number of hydrogen-bond donors (Lipinski definition) is 1. The third-order valence-corrected chi connectivity index (χ3v) is 4.51. The number of ketones is 1. The van der Waals surface area contributed by atoms with Gasteiger partial charge in [0.15, 0.2) is 10.9 Å². The Morgan fingerprint density at radius 1 is 1.16 bits per heavy atom. The maximum Gasteiger partial charge on any atom is 0.226 e. The Kier molecular flexibility index (Phi) is 7.60. The highest BCUT2D eigenvalue weighted by Gasteiger charge is 2.11. The van der Waals surface area contributed by atoms with Crippen LogP contribution in [0, 0.1) is 6.92 Å². The molecule has 0 atom stereocenters. The first-order valence-electron chi connectivity index (χ1n) is 8.56. The molecule has 0 radical (unpaired) electrons. The number of hydrogen-bond acceptors (Lipinski definition) is 5. The van der Waals surface area contributed by atoms with Crippen molar-refractivity contribution in [3.05, 3.63) is 40.9 Å². The molecule has 134 valence electrons. The zero-order valence-corrected chi connectivity index (χ0v) is 15.5. The van der Waals surface area contributed by atoms with Crippen LogP contribution in [-0.2, 0) is 4.79 Å². The zero-order chi connectivity index (χ0) is 18.1. The molecule has 5 nitrogen and oxygen atoms in total. The van der Waals surface area contributed by atoms with E-state index in [4.69, 9.17) is 4.74 Å². The van der Waals surface area contributed by atoms with Crippen molar-refractivity contribution in [3.8, 4) is 5.75 Å². The number of aromatic nitrogens is 1. The fourth-order valence-corrected chi connectivity index (χ4v) is 2.95. The van der Waals surface area contributed by atoms with E-state index < -0.39 is 0 Å². The van der Waals surface area contributed by atoms with Crippen molar-refractivity contribution in [2.24, 2.45) is 0 Å². The number of nitrogens with one attached hydrogen (secondary N) is 1. The summed E-state index contributed by atoms with van der Waals surface area (Å²) in [5, 5.41) is 5.15. The molecular formula is C19H24N2O3S. The fraction of sp³-hybridized carbons (Fsp3) is 0.421. The number of rotatable bonds is 10. The smallest absolute Gasteiger partial charge is 0.226 e. The number of ether oxygens (including phenoxy) is 1. The molecule has 2 rings (SSSR count). The lowest BCUT2D eigenvalue weighted by Crippen LogP contribution is -2.13. The summed E-state index contributed by atoms with van der Waals surface area (Å²) < 4.78 is 5.63. The molecule has 0 aliphatic carbocycles. The summed E-state index contributed by atoms with van der Waals surface area (Å²) in [6, 6.07) is 7.11. The number of nitrogens with zero attached hydrogens (tertiary/aromatic N) is 1. The first-order chi connectivity index (χ1) is 12.1. The van der Waals surface area contributed by atoms with Gasteiger partial charge in [0.25, 0.3) is 0 Å². The first-order valence-corrected chi connectivity index (χ1v) is 9.44. The number of benzene rings is 1. The molecule has 25 heavy (non-hydrogen) atoms. The van der Waals surface area contributed by atoms with Gasteiger partial charge in [0.05, 0.1) is 12.3 Å². The van der Waals surface area contributed by atoms with Crippen molar-refractivity contribution in [1.82, 2.24) is 4.98 Å². The Morgan fingerprint density at radius 2 is 1.92 bits per heavy atom. The van der Waals surface area contributed by atoms with E-state index in [1.54, 1.807) is 24.3 Å². The zero-order valence-electron chi connectivity index (χ0n) is 14.7. The van der Waals surface area contributed by atoms with Crippen LogP contribution in [0.25, 0.3) is 0 Å². The molecule has 0 bridgehead atoms. The lowest BCUT2D eigenvalue weighted by Gasteiger charge is -2.07. The fourth-order valence-electron chi connectivity index (χ4n) is 2.24. The summed E-state index contributed by atoms with van der Waals surface area (Å²) in [5.41, 5.74) is 1.46. The van der Waals surface area contributed by atoms with Crippen LogP contribution in [0.3, 0.4) is 0 Å². The topological polar surface area (TPSA) is 68.3 Å². The molecule has 1 aromatic heterocycles. The number of anilines is 1. The van der Waals surface area contributed by atoms with Gasteiger partial charge in [0.2, 0.25) is 5.91 Å². The Balaban J connectivity index is 1.75. The molecule has 0 fully saturated rings. The summed E-state index contributed by atoms with van der Waals surface area (Å²) in [6.07, 6.45) is 3.66. The molecule has 6 heteroatoms. The first kappa shape index (κ1) is 19.1. The number of carbonyl (C=O) groups excluding carboxylic acids is 2. The van der Waals surface area contributed by atoms with Gasteiger partial charge in [0.1, 0.15) is 5.75 Å². The van der Waals surface area contributed by atoms with Crippen molar-refractivity contribution in [3.63, 3.8) is 0 Å². The van der Waals surface area contributed by atoms with E-state index in [1.807, 2.05) is 12.3 Å². The van der Waals surface area contributed by atoms with Crippen LogP contribution in [0.15, 0.2) is 29.6 Å². The molecular weight excluding hydrogens is 336 g/mol. The van der Waals surface area contributed by atoms with Crippen LogP contribution in [0.1, 0.15) is 55.1 Å². The van der Waals surface area contributed by atoms with E-state index in [-0.39, 0.29) is 24.5 Å². The van der Waals surface area contributed by atoms with Crippen LogP contribution in [-0.4, -0.2) is 23.3 Å². The van der Waals surface area contributed by atoms with Gasteiger partial charge in [0, 0.05) is 23.8 Å². The molecule has 0 saturated heterocycles. The van der Waals surface area contributed by atoms with E-state index in [0.717, 1.165) is 30.7 Å². The van der Waals surface area contributed by atoms with Crippen LogP contribution < -0.4 is 10.1 Å². The summed E-state index contributed by atoms with van der Waals surface area (Å²) in [7, 11) is 0. The minimum atomic E-state index is -0.196. The second-order valence-corrected chi connectivity index (χ2v) is 6.70. The van der Waals surface area contributed by atoms with Gasteiger partial charge in [-0.25, -0.2) is 4.98 Å². The molecule has 0 aliphatic heterocycles. The van der Waals surface area contributed by atoms with Gasteiger partial charge < -0.3 is 10.1 Å². The number of thiazole rings is 1. The number of carbonyl (C=O) groups is 2. The molecule has 0 spiro atoms. The molecule has 0 unspecified atom stereocenters. The summed E-state index contributed by atoms with van der Waals surface area (Å²) in [4.78, 5) is 28.2. The van der Waals surface area contributed by atoms with E-state index in [9.17, 15) is 9.59 Å². The molecule has 1 amide bonds. The van der Waals surface area contributed by atoms with Gasteiger partial charge in [-0.05, 0) is 37.6 Å². The second kappa shape index (κ2) is 9.93. The number of amides is 1. The van der Waals surface area contributed by atoms with Crippen molar-refractivity contribution in [2.45, 2.75) is 46.0 Å². The van der Waals surface area contributed by atoms with Crippen LogP contribution >= 0.6 is 11.3 Å². The van der Waals surface area contributed by atoms with Gasteiger partial charge in [-0.3, -0.25) is 9.59 Å². The molecule has 1 heterocycles. The Morgan fingerprint density at radius 3 is 2.56 bits per heavy atom. The monoisotopic (exact) mass is 360 g/mol. The van der Waals surface area contributed by atoms with Gasteiger partial charge in [-0.1, -0.05) is 19.8 Å². The van der Waals surface area contributed by atoms with Crippen LogP contribution in [0.5, 0.6) is 5.75 Å². The molecule has 0 saturated carbocycles. The normalized spacial score (nSPS) is 10.5. The molecule has 0 aliphatic rings. The predicted molar refractivity (Wildman–Crippen MR) is 101 cm³/mol. The van der Waals surface area contributed by atoms with E-state index in [1.165, 1.54) is 11.3 Å². The molecule has 1 aromatic carbocycles. The Hall–Kier alpha value is -2.21.